The van der Waals surface area contributed by atoms with Crippen molar-refractivity contribution in [2.45, 2.75) is 45.1 Å². The van der Waals surface area contributed by atoms with Crippen LogP contribution in [0.1, 0.15) is 50.6 Å². The Morgan fingerprint density at radius 3 is 2.61 bits per heavy atom. The van der Waals surface area contributed by atoms with Crippen LogP contribution in [0.4, 0.5) is 4.39 Å². The Bertz CT molecular complexity index is 444. The van der Waals surface area contributed by atoms with E-state index in [9.17, 15) is 4.39 Å². The maximum Gasteiger partial charge on any atom is 0.129 e. The third-order valence-corrected chi connectivity index (χ3v) is 5.53. The molecule has 0 amide bonds. The fraction of sp³-hybridized carbons (Fsp3) is 0.571. The number of nitrogens with two attached hydrogens (primary N) is 1. The molecule has 18 heavy (non-hydrogen) atoms. The van der Waals surface area contributed by atoms with Gasteiger partial charge < -0.3 is 5.73 Å². The summed E-state index contributed by atoms with van der Waals surface area (Å²) in [4.78, 5) is 0. The summed E-state index contributed by atoms with van der Waals surface area (Å²) < 4.78 is 14.7. The molecule has 2 N–H and O–H groups in total. The summed E-state index contributed by atoms with van der Waals surface area (Å²) in [6.07, 6.45) is 5.53. The Balaban J connectivity index is 2.39. The maximum atomic E-state index is 14.1. The Hall–Kier alpha value is -0.120. The van der Waals surface area contributed by atoms with Crippen molar-refractivity contribution in [1.29, 1.82) is 0 Å². The fourth-order valence-corrected chi connectivity index (χ4v) is 3.56. The van der Waals surface area contributed by atoms with E-state index < -0.39 is 0 Å². The van der Waals surface area contributed by atoms with Crippen molar-refractivity contribution in [2.75, 3.05) is 0 Å². The normalized spacial score (nSPS) is 20.1. The van der Waals surface area contributed by atoms with Crippen molar-refractivity contribution >= 4 is 27.5 Å². The summed E-state index contributed by atoms with van der Waals surface area (Å²) in [5.41, 5.74) is 6.94. The van der Waals surface area contributed by atoms with E-state index in [0.29, 0.717) is 15.1 Å². The fourth-order valence-electron chi connectivity index (χ4n) is 3.07. The third-order valence-electron chi connectivity index (χ3n) is 4.34. The Morgan fingerprint density at radius 2 is 2.06 bits per heavy atom. The average Bonchev–Trinajstić information content (AvgIpc) is 2.83. The van der Waals surface area contributed by atoms with Gasteiger partial charge in [-0.1, -0.05) is 31.4 Å². The average molecular weight is 335 g/mol. The molecule has 0 bridgehead atoms. The van der Waals surface area contributed by atoms with Crippen LogP contribution in [0.2, 0.25) is 5.02 Å². The van der Waals surface area contributed by atoms with Crippen LogP contribution in [0, 0.1) is 11.2 Å². The van der Waals surface area contributed by atoms with E-state index in [4.69, 9.17) is 17.3 Å². The van der Waals surface area contributed by atoms with Crippen LogP contribution in [-0.2, 0) is 0 Å². The van der Waals surface area contributed by atoms with Crippen LogP contribution in [0.15, 0.2) is 16.6 Å². The molecule has 100 valence electrons. The number of benzene rings is 1. The van der Waals surface area contributed by atoms with E-state index in [-0.39, 0.29) is 17.3 Å². The van der Waals surface area contributed by atoms with Crippen LogP contribution < -0.4 is 5.73 Å². The van der Waals surface area contributed by atoms with Crippen LogP contribution in [0.25, 0.3) is 0 Å². The highest BCUT2D eigenvalue weighted by molar-refractivity contribution is 9.10. The van der Waals surface area contributed by atoms with E-state index in [0.717, 1.165) is 19.3 Å². The highest BCUT2D eigenvalue weighted by atomic mass is 79.9. The second kappa shape index (κ2) is 5.48. The smallest absolute Gasteiger partial charge is 0.129 e. The first-order valence-electron chi connectivity index (χ1n) is 6.40. The van der Waals surface area contributed by atoms with E-state index in [1.807, 2.05) is 0 Å². The lowest BCUT2D eigenvalue weighted by Gasteiger charge is -2.35. The molecule has 2 rings (SSSR count). The quantitative estimate of drug-likeness (QED) is 0.754. The standard InChI is InChI=1S/C14H18BrClFN/c1-2-14(5-3-4-6-14)13(18)9-7-11(16)10(15)8-12(9)17/h7-8,13H,2-6,18H2,1H3. The summed E-state index contributed by atoms with van der Waals surface area (Å²) in [6.45, 7) is 2.14. The van der Waals surface area contributed by atoms with Gasteiger partial charge in [0.2, 0.25) is 0 Å². The molecule has 0 aliphatic heterocycles. The molecule has 4 heteroatoms. The molecule has 0 aromatic heterocycles. The number of hydrogen-bond donors (Lipinski definition) is 1. The topological polar surface area (TPSA) is 26.0 Å². The molecule has 0 radical (unpaired) electrons. The van der Waals surface area contributed by atoms with E-state index >= 15 is 0 Å². The largest absolute Gasteiger partial charge is 0.323 e. The van der Waals surface area contributed by atoms with E-state index in [2.05, 4.69) is 22.9 Å². The zero-order valence-corrected chi connectivity index (χ0v) is 12.8. The first-order valence-corrected chi connectivity index (χ1v) is 7.57. The number of halogens is 3. The van der Waals surface area contributed by atoms with Crippen LogP contribution in [0.3, 0.4) is 0 Å². The SMILES string of the molecule is CCC1(C(N)c2cc(Cl)c(Br)cc2F)CCCC1. The Labute approximate surface area is 121 Å². The molecule has 1 unspecified atom stereocenters. The van der Waals surface area contributed by atoms with Gasteiger partial charge in [0, 0.05) is 16.1 Å². The highest BCUT2D eigenvalue weighted by Crippen LogP contribution is 2.49. The van der Waals surface area contributed by atoms with Crippen molar-refractivity contribution in [3.8, 4) is 0 Å². The van der Waals surface area contributed by atoms with Gasteiger partial charge in [0.25, 0.3) is 0 Å². The lowest BCUT2D eigenvalue weighted by molar-refractivity contribution is 0.218. The second-order valence-electron chi connectivity index (χ2n) is 5.19. The van der Waals surface area contributed by atoms with Gasteiger partial charge in [-0.15, -0.1) is 0 Å². The second-order valence-corrected chi connectivity index (χ2v) is 6.45. The van der Waals surface area contributed by atoms with E-state index in [1.54, 1.807) is 6.07 Å². The minimum atomic E-state index is -0.268. The molecule has 0 spiro atoms. The molecule has 0 heterocycles. The summed E-state index contributed by atoms with van der Waals surface area (Å²) in [5.74, 6) is -0.265. The van der Waals surface area contributed by atoms with Gasteiger partial charge in [0.1, 0.15) is 5.82 Å². The molecule has 1 aliphatic carbocycles. The van der Waals surface area contributed by atoms with Gasteiger partial charge in [-0.3, -0.25) is 0 Å². The maximum absolute atomic E-state index is 14.1. The first kappa shape index (κ1) is 14.3. The minimum absolute atomic E-state index is 0.0397. The molecular weight excluding hydrogens is 317 g/mol. The first-order chi connectivity index (χ1) is 8.50. The summed E-state index contributed by atoms with van der Waals surface area (Å²) in [6, 6.07) is 2.81. The molecule has 1 fully saturated rings. The monoisotopic (exact) mass is 333 g/mol. The van der Waals surface area contributed by atoms with Gasteiger partial charge in [-0.05, 0) is 52.7 Å². The number of rotatable bonds is 3. The van der Waals surface area contributed by atoms with Gasteiger partial charge in [0.15, 0.2) is 0 Å². The van der Waals surface area contributed by atoms with Gasteiger partial charge in [-0.25, -0.2) is 4.39 Å². The zero-order valence-electron chi connectivity index (χ0n) is 10.5. The molecule has 1 aliphatic rings. The highest BCUT2D eigenvalue weighted by Gasteiger charge is 2.39. The van der Waals surface area contributed by atoms with Crippen molar-refractivity contribution < 1.29 is 4.39 Å². The minimum Gasteiger partial charge on any atom is -0.323 e. The van der Waals surface area contributed by atoms with Gasteiger partial charge >= 0.3 is 0 Å². The molecule has 1 atom stereocenters. The predicted octanol–water partition coefficient (Wildman–Crippen LogP) is 5.21. The van der Waals surface area contributed by atoms with Crippen molar-refractivity contribution in [2.24, 2.45) is 11.1 Å². The van der Waals surface area contributed by atoms with Crippen molar-refractivity contribution in [3.05, 3.63) is 33.0 Å². The molecule has 1 saturated carbocycles. The predicted molar refractivity (Wildman–Crippen MR) is 77.2 cm³/mol. The van der Waals surface area contributed by atoms with Gasteiger partial charge in [0.05, 0.1) is 5.02 Å². The lowest BCUT2D eigenvalue weighted by atomic mass is 9.74. The van der Waals surface area contributed by atoms with Crippen molar-refractivity contribution in [3.63, 3.8) is 0 Å². The van der Waals surface area contributed by atoms with Crippen LogP contribution in [-0.4, -0.2) is 0 Å². The Morgan fingerprint density at radius 1 is 1.44 bits per heavy atom. The molecule has 1 nitrogen and oxygen atoms in total. The summed E-state index contributed by atoms with van der Waals surface area (Å²) >= 11 is 9.29. The molecule has 1 aromatic rings. The molecule has 0 saturated heterocycles. The lowest BCUT2D eigenvalue weighted by Crippen LogP contribution is -2.32. The molecule has 1 aromatic carbocycles. The summed E-state index contributed by atoms with van der Waals surface area (Å²) in [7, 11) is 0. The Kier molecular flexibility index (Phi) is 4.35. The van der Waals surface area contributed by atoms with Crippen LogP contribution in [0.5, 0.6) is 0 Å². The molecular formula is C14H18BrClFN. The van der Waals surface area contributed by atoms with E-state index in [1.165, 1.54) is 18.9 Å². The summed E-state index contributed by atoms with van der Waals surface area (Å²) in [5, 5.41) is 0.520. The van der Waals surface area contributed by atoms with Gasteiger partial charge in [-0.2, -0.15) is 0 Å². The van der Waals surface area contributed by atoms with Crippen LogP contribution >= 0.6 is 27.5 Å². The van der Waals surface area contributed by atoms with Crippen molar-refractivity contribution in [1.82, 2.24) is 0 Å². The number of hydrogen-bond acceptors (Lipinski definition) is 1. The third kappa shape index (κ3) is 2.45. The zero-order chi connectivity index (χ0) is 13.3.